The van der Waals surface area contributed by atoms with Crippen molar-refractivity contribution in [2.75, 3.05) is 27.3 Å². The van der Waals surface area contributed by atoms with Crippen molar-refractivity contribution in [2.24, 2.45) is 5.73 Å². The molecule has 0 saturated heterocycles. The number of hydrogen-bond acceptors (Lipinski definition) is 4. The van der Waals surface area contributed by atoms with Crippen molar-refractivity contribution in [3.63, 3.8) is 0 Å². The summed E-state index contributed by atoms with van der Waals surface area (Å²) < 4.78 is 10.2. The number of carbonyl (C=O) groups is 1. The number of halogens is 1. The topological polar surface area (TPSA) is 64.8 Å². The van der Waals surface area contributed by atoms with Gasteiger partial charge in [0.1, 0.15) is 11.9 Å². The second-order valence-electron chi connectivity index (χ2n) is 4.16. The highest BCUT2D eigenvalue weighted by Gasteiger charge is 2.21. The van der Waals surface area contributed by atoms with Gasteiger partial charge in [-0.3, -0.25) is 4.79 Å². The third-order valence-electron chi connectivity index (χ3n) is 3.00. The summed E-state index contributed by atoms with van der Waals surface area (Å²) >= 11 is 0. The maximum atomic E-state index is 12.2. The van der Waals surface area contributed by atoms with Crippen molar-refractivity contribution in [2.45, 2.75) is 19.6 Å². The Hall–Kier alpha value is -1.30. The fourth-order valence-corrected chi connectivity index (χ4v) is 1.80. The van der Waals surface area contributed by atoms with E-state index in [2.05, 4.69) is 0 Å². The van der Waals surface area contributed by atoms with E-state index in [1.54, 1.807) is 12.0 Å². The van der Waals surface area contributed by atoms with Gasteiger partial charge in [-0.1, -0.05) is 12.1 Å². The van der Waals surface area contributed by atoms with Gasteiger partial charge >= 0.3 is 0 Å². The molecule has 1 unspecified atom stereocenters. The van der Waals surface area contributed by atoms with Crippen LogP contribution in [0.15, 0.2) is 24.3 Å². The molecular formula is C14H23ClN2O3. The molecular weight excluding hydrogens is 280 g/mol. The average molecular weight is 303 g/mol. The van der Waals surface area contributed by atoms with Gasteiger partial charge in [-0.2, -0.15) is 0 Å². The Morgan fingerprint density at radius 1 is 1.30 bits per heavy atom. The van der Waals surface area contributed by atoms with Gasteiger partial charge in [-0.15, -0.1) is 12.4 Å². The minimum atomic E-state index is -0.571. The summed E-state index contributed by atoms with van der Waals surface area (Å²) in [4.78, 5) is 13.9. The van der Waals surface area contributed by atoms with Crippen LogP contribution in [0.25, 0.3) is 0 Å². The quantitative estimate of drug-likeness (QED) is 0.828. The molecule has 5 nitrogen and oxygen atoms in total. The number of ether oxygens (including phenoxy) is 2. The second kappa shape index (κ2) is 9.58. The molecule has 1 aromatic rings. The zero-order valence-corrected chi connectivity index (χ0v) is 13.0. The predicted molar refractivity (Wildman–Crippen MR) is 81.2 cm³/mol. The fraction of sp³-hybridized carbons (Fsp3) is 0.500. The van der Waals surface area contributed by atoms with Gasteiger partial charge in [0, 0.05) is 26.7 Å². The highest BCUT2D eigenvalue weighted by Crippen LogP contribution is 2.13. The lowest BCUT2D eigenvalue weighted by Crippen LogP contribution is -2.43. The molecule has 1 atom stereocenters. The van der Waals surface area contributed by atoms with E-state index in [1.165, 1.54) is 7.11 Å². The molecule has 1 rings (SSSR count). The van der Waals surface area contributed by atoms with Crippen LogP contribution in [0, 0.1) is 0 Å². The average Bonchev–Trinajstić information content (AvgIpc) is 2.46. The zero-order valence-electron chi connectivity index (χ0n) is 12.2. The van der Waals surface area contributed by atoms with Crippen LogP contribution in [0.2, 0.25) is 0 Å². The molecule has 0 aliphatic heterocycles. The molecule has 1 aromatic carbocycles. The Bertz CT molecular complexity index is 394. The summed E-state index contributed by atoms with van der Waals surface area (Å²) in [5, 5.41) is 0. The van der Waals surface area contributed by atoms with E-state index < -0.39 is 6.10 Å². The summed E-state index contributed by atoms with van der Waals surface area (Å²) in [5.41, 5.74) is 6.56. The molecule has 2 N–H and O–H groups in total. The van der Waals surface area contributed by atoms with Crippen molar-refractivity contribution < 1.29 is 14.3 Å². The summed E-state index contributed by atoms with van der Waals surface area (Å²) in [5.74, 6) is 0.721. The first-order valence-electron chi connectivity index (χ1n) is 6.30. The number of likely N-dealkylation sites (N-methyl/N-ethyl adjacent to an activating group) is 1. The molecule has 0 aliphatic carbocycles. The Kier molecular flexibility index (Phi) is 8.96. The molecule has 0 radical (unpaired) electrons. The van der Waals surface area contributed by atoms with Gasteiger partial charge in [0.25, 0.3) is 5.91 Å². The van der Waals surface area contributed by atoms with Crippen LogP contribution in [-0.2, 0) is 16.1 Å². The number of rotatable bonds is 7. The lowest BCUT2D eigenvalue weighted by atomic mass is 10.2. The van der Waals surface area contributed by atoms with E-state index in [-0.39, 0.29) is 24.9 Å². The highest BCUT2D eigenvalue weighted by molar-refractivity contribution is 5.85. The third kappa shape index (κ3) is 5.00. The van der Waals surface area contributed by atoms with Gasteiger partial charge in [-0.05, 0) is 24.6 Å². The predicted octanol–water partition coefficient (Wildman–Crippen LogP) is 1.44. The van der Waals surface area contributed by atoms with E-state index in [0.29, 0.717) is 13.1 Å². The third-order valence-corrected chi connectivity index (χ3v) is 3.00. The summed E-state index contributed by atoms with van der Waals surface area (Å²) in [6.07, 6.45) is -0.571. The van der Waals surface area contributed by atoms with Gasteiger partial charge in [0.2, 0.25) is 0 Å². The summed E-state index contributed by atoms with van der Waals surface area (Å²) in [6.45, 7) is 3.28. The largest absolute Gasteiger partial charge is 0.497 e. The zero-order chi connectivity index (χ0) is 14.3. The van der Waals surface area contributed by atoms with Crippen molar-refractivity contribution in [1.82, 2.24) is 4.90 Å². The van der Waals surface area contributed by atoms with Crippen LogP contribution in [0.5, 0.6) is 5.75 Å². The van der Waals surface area contributed by atoms with Crippen molar-refractivity contribution >= 4 is 18.3 Å². The number of benzene rings is 1. The standard InChI is InChI=1S/C14H22N2O3.ClH/c1-4-16(14(17)13(9-15)19-3)10-11-5-7-12(18-2)8-6-11;/h5-8,13H,4,9-10,15H2,1-3H3;1H. The summed E-state index contributed by atoms with van der Waals surface area (Å²) in [6, 6.07) is 7.65. The number of carbonyl (C=O) groups excluding carboxylic acids is 1. The smallest absolute Gasteiger partial charge is 0.253 e. The number of methoxy groups -OCH3 is 2. The number of nitrogens with zero attached hydrogens (tertiary/aromatic N) is 1. The Labute approximate surface area is 126 Å². The normalized spacial score (nSPS) is 11.4. The van der Waals surface area contributed by atoms with E-state index in [9.17, 15) is 4.79 Å². The Morgan fingerprint density at radius 2 is 1.90 bits per heavy atom. The molecule has 20 heavy (non-hydrogen) atoms. The molecule has 114 valence electrons. The maximum Gasteiger partial charge on any atom is 0.253 e. The lowest BCUT2D eigenvalue weighted by molar-refractivity contribution is -0.141. The van der Waals surface area contributed by atoms with Gasteiger partial charge in [0.15, 0.2) is 0 Å². The van der Waals surface area contributed by atoms with Crippen LogP contribution in [0.3, 0.4) is 0 Å². The molecule has 0 spiro atoms. The van der Waals surface area contributed by atoms with Crippen LogP contribution in [0.4, 0.5) is 0 Å². The highest BCUT2D eigenvalue weighted by atomic mass is 35.5. The SMILES string of the molecule is CCN(Cc1ccc(OC)cc1)C(=O)C(CN)OC.Cl. The first-order chi connectivity index (χ1) is 9.15. The summed E-state index contributed by atoms with van der Waals surface area (Å²) in [7, 11) is 3.12. The first-order valence-corrected chi connectivity index (χ1v) is 6.30. The van der Waals surface area contributed by atoms with Gasteiger partial charge in [-0.25, -0.2) is 0 Å². The fourth-order valence-electron chi connectivity index (χ4n) is 1.80. The second-order valence-corrected chi connectivity index (χ2v) is 4.16. The maximum absolute atomic E-state index is 12.2. The molecule has 0 bridgehead atoms. The van der Waals surface area contributed by atoms with E-state index >= 15 is 0 Å². The number of nitrogens with two attached hydrogens (primary N) is 1. The van der Waals surface area contributed by atoms with Crippen molar-refractivity contribution in [3.8, 4) is 5.75 Å². The van der Waals surface area contributed by atoms with E-state index in [0.717, 1.165) is 11.3 Å². The van der Waals surface area contributed by atoms with Crippen LogP contribution in [0.1, 0.15) is 12.5 Å². The molecule has 0 saturated carbocycles. The molecule has 0 aromatic heterocycles. The van der Waals surface area contributed by atoms with E-state index in [4.69, 9.17) is 15.2 Å². The van der Waals surface area contributed by atoms with Gasteiger partial charge in [0.05, 0.1) is 7.11 Å². The molecule has 0 aliphatic rings. The minimum Gasteiger partial charge on any atom is -0.497 e. The van der Waals surface area contributed by atoms with Crippen LogP contribution in [-0.4, -0.2) is 44.2 Å². The first kappa shape index (κ1) is 18.7. The molecule has 6 heteroatoms. The molecule has 0 heterocycles. The monoisotopic (exact) mass is 302 g/mol. The lowest BCUT2D eigenvalue weighted by Gasteiger charge is -2.25. The van der Waals surface area contributed by atoms with Crippen molar-refractivity contribution in [3.05, 3.63) is 29.8 Å². The Balaban J connectivity index is 0.00000361. The molecule has 0 fully saturated rings. The van der Waals surface area contributed by atoms with Gasteiger partial charge < -0.3 is 20.1 Å². The Morgan fingerprint density at radius 3 is 2.30 bits per heavy atom. The van der Waals surface area contributed by atoms with Crippen molar-refractivity contribution in [1.29, 1.82) is 0 Å². The van der Waals surface area contributed by atoms with Crippen LogP contribution >= 0.6 is 12.4 Å². The molecule has 1 amide bonds. The van der Waals surface area contributed by atoms with Crippen LogP contribution < -0.4 is 10.5 Å². The number of amides is 1. The van der Waals surface area contributed by atoms with E-state index in [1.807, 2.05) is 31.2 Å². The minimum absolute atomic E-state index is 0. The number of hydrogen-bond donors (Lipinski definition) is 1.